The maximum Gasteiger partial charge on any atom is 0.236 e. The predicted octanol–water partition coefficient (Wildman–Crippen LogP) is 1.63. The Morgan fingerprint density at radius 1 is 1.25 bits per heavy atom. The molecule has 2 aliphatic rings. The van der Waals surface area contributed by atoms with Crippen molar-refractivity contribution < 1.29 is 4.79 Å². The van der Waals surface area contributed by atoms with Crippen LogP contribution in [0.4, 0.5) is 0 Å². The monoisotopic (exact) mass is 224 g/mol. The zero-order chi connectivity index (χ0) is 11.5. The summed E-state index contributed by atoms with van der Waals surface area (Å²) in [7, 11) is 0. The van der Waals surface area contributed by atoms with Crippen molar-refractivity contribution in [1.82, 2.24) is 10.2 Å². The van der Waals surface area contributed by atoms with Crippen molar-refractivity contribution in [3.05, 3.63) is 0 Å². The first-order valence-electron chi connectivity index (χ1n) is 6.67. The number of hydrogen-bond donors (Lipinski definition) is 1. The molecule has 92 valence electrons. The number of rotatable bonds is 7. The van der Waals surface area contributed by atoms with Crippen LogP contribution >= 0.6 is 0 Å². The van der Waals surface area contributed by atoms with Gasteiger partial charge in [-0.15, -0.1) is 0 Å². The van der Waals surface area contributed by atoms with Crippen LogP contribution in [0.5, 0.6) is 0 Å². The standard InChI is InChI=1S/C13H24N2O/c1-10(2)15(9-12-5-6-12)13(16)8-14-7-11-3-4-11/h10-12,14H,3-9H2,1-2H3. The Labute approximate surface area is 98.6 Å². The van der Waals surface area contributed by atoms with Crippen molar-refractivity contribution >= 4 is 5.91 Å². The molecule has 0 aromatic heterocycles. The van der Waals surface area contributed by atoms with E-state index < -0.39 is 0 Å². The van der Waals surface area contributed by atoms with Crippen molar-refractivity contribution in [2.45, 2.75) is 45.6 Å². The molecule has 0 atom stereocenters. The minimum Gasteiger partial charge on any atom is -0.339 e. The van der Waals surface area contributed by atoms with E-state index in [0.29, 0.717) is 12.6 Å². The summed E-state index contributed by atoms with van der Waals surface area (Å²) in [6.07, 6.45) is 5.31. The third kappa shape index (κ3) is 3.78. The first-order valence-corrected chi connectivity index (χ1v) is 6.67. The van der Waals surface area contributed by atoms with E-state index in [2.05, 4.69) is 19.2 Å². The lowest BCUT2D eigenvalue weighted by Gasteiger charge is -2.27. The van der Waals surface area contributed by atoms with Crippen LogP contribution < -0.4 is 5.32 Å². The Bertz CT molecular complexity index is 244. The van der Waals surface area contributed by atoms with E-state index in [1.165, 1.54) is 25.7 Å². The van der Waals surface area contributed by atoms with Gasteiger partial charge in [0, 0.05) is 12.6 Å². The van der Waals surface area contributed by atoms with Gasteiger partial charge in [0.15, 0.2) is 0 Å². The van der Waals surface area contributed by atoms with E-state index in [9.17, 15) is 4.79 Å². The number of hydrogen-bond acceptors (Lipinski definition) is 2. The van der Waals surface area contributed by atoms with Gasteiger partial charge in [-0.2, -0.15) is 0 Å². The molecule has 3 heteroatoms. The molecule has 0 spiro atoms. The van der Waals surface area contributed by atoms with Crippen LogP contribution in [0.25, 0.3) is 0 Å². The summed E-state index contributed by atoms with van der Waals surface area (Å²) in [5.74, 6) is 1.92. The summed E-state index contributed by atoms with van der Waals surface area (Å²) >= 11 is 0. The summed E-state index contributed by atoms with van der Waals surface area (Å²) in [6.45, 7) is 6.76. The van der Waals surface area contributed by atoms with E-state index in [0.717, 1.165) is 24.9 Å². The predicted molar refractivity (Wildman–Crippen MR) is 65.2 cm³/mol. The van der Waals surface area contributed by atoms with Crippen LogP contribution in [0.1, 0.15) is 39.5 Å². The smallest absolute Gasteiger partial charge is 0.236 e. The molecule has 0 unspecified atom stereocenters. The van der Waals surface area contributed by atoms with Gasteiger partial charge in [-0.25, -0.2) is 0 Å². The van der Waals surface area contributed by atoms with Gasteiger partial charge in [0.1, 0.15) is 0 Å². The average Bonchev–Trinajstić information content (AvgIpc) is 3.08. The third-order valence-electron chi connectivity index (χ3n) is 3.50. The number of carbonyl (C=O) groups is 1. The van der Waals surface area contributed by atoms with Crippen molar-refractivity contribution in [3.8, 4) is 0 Å². The molecule has 2 fully saturated rings. The third-order valence-corrected chi connectivity index (χ3v) is 3.50. The number of carbonyl (C=O) groups excluding carboxylic acids is 1. The molecular weight excluding hydrogens is 200 g/mol. The fourth-order valence-corrected chi connectivity index (χ4v) is 1.99. The molecule has 0 aromatic rings. The molecule has 0 radical (unpaired) electrons. The molecule has 2 aliphatic carbocycles. The zero-order valence-corrected chi connectivity index (χ0v) is 10.5. The number of amides is 1. The highest BCUT2D eigenvalue weighted by Crippen LogP contribution is 2.30. The Morgan fingerprint density at radius 3 is 2.38 bits per heavy atom. The summed E-state index contributed by atoms with van der Waals surface area (Å²) in [6, 6.07) is 0.343. The van der Waals surface area contributed by atoms with E-state index in [-0.39, 0.29) is 5.91 Å². The Hall–Kier alpha value is -0.570. The van der Waals surface area contributed by atoms with Crippen molar-refractivity contribution in [2.75, 3.05) is 19.6 Å². The van der Waals surface area contributed by atoms with Gasteiger partial charge in [0.2, 0.25) is 5.91 Å². The van der Waals surface area contributed by atoms with Crippen LogP contribution in [-0.2, 0) is 4.79 Å². The normalized spacial score (nSPS) is 20.2. The lowest BCUT2D eigenvalue weighted by molar-refractivity contribution is -0.132. The van der Waals surface area contributed by atoms with Gasteiger partial charge in [0.25, 0.3) is 0 Å². The van der Waals surface area contributed by atoms with Crippen LogP contribution in [0, 0.1) is 11.8 Å². The summed E-state index contributed by atoms with van der Waals surface area (Å²) in [4.78, 5) is 14.1. The van der Waals surface area contributed by atoms with Gasteiger partial charge in [-0.05, 0) is 57.9 Å². The molecule has 3 nitrogen and oxygen atoms in total. The quantitative estimate of drug-likeness (QED) is 0.713. The lowest BCUT2D eigenvalue weighted by atomic mass is 10.2. The van der Waals surface area contributed by atoms with Gasteiger partial charge >= 0.3 is 0 Å². The molecule has 2 rings (SSSR count). The lowest BCUT2D eigenvalue weighted by Crippen LogP contribution is -2.43. The van der Waals surface area contributed by atoms with Crippen molar-refractivity contribution in [2.24, 2.45) is 11.8 Å². The molecule has 0 heterocycles. The van der Waals surface area contributed by atoms with Crippen molar-refractivity contribution in [1.29, 1.82) is 0 Å². The minimum absolute atomic E-state index is 0.280. The second kappa shape index (κ2) is 5.17. The molecule has 1 N–H and O–H groups in total. The van der Waals surface area contributed by atoms with Crippen LogP contribution in [-0.4, -0.2) is 36.5 Å². The first kappa shape index (κ1) is 11.9. The van der Waals surface area contributed by atoms with Gasteiger partial charge < -0.3 is 10.2 Å². The zero-order valence-electron chi connectivity index (χ0n) is 10.5. The fourth-order valence-electron chi connectivity index (χ4n) is 1.99. The molecule has 0 aliphatic heterocycles. The first-order chi connectivity index (χ1) is 7.66. The van der Waals surface area contributed by atoms with Crippen molar-refractivity contribution in [3.63, 3.8) is 0 Å². The highest BCUT2D eigenvalue weighted by atomic mass is 16.2. The Balaban J connectivity index is 1.69. The number of nitrogens with zero attached hydrogens (tertiary/aromatic N) is 1. The SMILES string of the molecule is CC(C)N(CC1CC1)C(=O)CNCC1CC1. The fraction of sp³-hybridized carbons (Fsp3) is 0.923. The number of nitrogens with one attached hydrogen (secondary N) is 1. The Kier molecular flexibility index (Phi) is 3.85. The second-order valence-corrected chi connectivity index (χ2v) is 5.66. The van der Waals surface area contributed by atoms with E-state index in [1.807, 2.05) is 4.90 Å². The van der Waals surface area contributed by atoms with Crippen LogP contribution in [0.3, 0.4) is 0 Å². The van der Waals surface area contributed by atoms with Crippen LogP contribution in [0.2, 0.25) is 0 Å². The van der Waals surface area contributed by atoms with E-state index in [4.69, 9.17) is 0 Å². The molecule has 16 heavy (non-hydrogen) atoms. The molecule has 1 amide bonds. The second-order valence-electron chi connectivity index (χ2n) is 5.66. The molecule has 0 saturated heterocycles. The highest BCUT2D eigenvalue weighted by molar-refractivity contribution is 5.78. The Morgan fingerprint density at radius 2 is 1.88 bits per heavy atom. The summed E-state index contributed by atoms with van der Waals surface area (Å²) in [5.41, 5.74) is 0. The maximum absolute atomic E-state index is 12.0. The molecular formula is C13H24N2O. The molecule has 2 saturated carbocycles. The average molecular weight is 224 g/mol. The summed E-state index contributed by atoms with van der Waals surface area (Å²) in [5, 5.41) is 3.28. The molecule has 0 bridgehead atoms. The van der Waals surface area contributed by atoms with Crippen LogP contribution in [0.15, 0.2) is 0 Å². The topological polar surface area (TPSA) is 32.3 Å². The van der Waals surface area contributed by atoms with Gasteiger partial charge in [0.05, 0.1) is 6.54 Å². The van der Waals surface area contributed by atoms with E-state index >= 15 is 0 Å². The molecule has 0 aromatic carbocycles. The highest BCUT2D eigenvalue weighted by Gasteiger charge is 2.28. The summed E-state index contributed by atoms with van der Waals surface area (Å²) < 4.78 is 0. The van der Waals surface area contributed by atoms with E-state index in [1.54, 1.807) is 0 Å². The minimum atomic E-state index is 0.280. The maximum atomic E-state index is 12.0. The largest absolute Gasteiger partial charge is 0.339 e. The van der Waals surface area contributed by atoms with Gasteiger partial charge in [-0.3, -0.25) is 4.79 Å². The van der Waals surface area contributed by atoms with Gasteiger partial charge in [-0.1, -0.05) is 0 Å².